The molecule has 0 spiro atoms. The summed E-state index contributed by atoms with van der Waals surface area (Å²) in [4.78, 5) is 3.97. The van der Waals surface area contributed by atoms with E-state index < -0.39 is 0 Å². The molecule has 0 fully saturated rings. The molecule has 0 aliphatic rings. The largest absolute Gasteiger partial charge is 0.508 e. The van der Waals surface area contributed by atoms with E-state index in [9.17, 15) is 0 Å². The van der Waals surface area contributed by atoms with Crippen LogP contribution in [0.25, 0.3) is 11.1 Å². The number of pyridine rings is 1. The van der Waals surface area contributed by atoms with Crippen molar-refractivity contribution in [2.75, 3.05) is 0 Å². The second-order valence-electron chi connectivity index (χ2n) is 4.52. The van der Waals surface area contributed by atoms with Crippen molar-refractivity contribution in [1.29, 1.82) is 0 Å². The third kappa shape index (κ3) is 4.08. The first kappa shape index (κ1) is 14.6. The average molecular weight is 279 g/mol. The van der Waals surface area contributed by atoms with Crippen molar-refractivity contribution < 1.29 is 10.2 Å². The number of phenols is 2. The van der Waals surface area contributed by atoms with E-state index in [0.29, 0.717) is 5.56 Å². The molecule has 0 bridgehead atoms. The van der Waals surface area contributed by atoms with Gasteiger partial charge in [-0.3, -0.25) is 4.98 Å². The van der Waals surface area contributed by atoms with Crippen LogP contribution in [-0.2, 0) is 0 Å². The Morgan fingerprint density at radius 3 is 1.71 bits per heavy atom. The van der Waals surface area contributed by atoms with Crippen LogP contribution in [0.4, 0.5) is 0 Å². The molecule has 0 aliphatic heterocycles. The van der Waals surface area contributed by atoms with Crippen LogP contribution in [0.2, 0.25) is 0 Å². The number of benzene rings is 2. The summed E-state index contributed by atoms with van der Waals surface area (Å²) in [5.74, 6) is 0.269. The number of rotatable bonds is 1. The molecule has 3 rings (SSSR count). The molecule has 3 nitrogen and oxygen atoms in total. The van der Waals surface area contributed by atoms with Gasteiger partial charge in [-0.05, 0) is 42.3 Å². The zero-order valence-electron chi connectivity index (χ0n) is 11.8. The van der Waals surface area contributed by atoms with Crippen LogP contribution in [0.3, 0.4) is 0 Å². The van der Waals surface area contributed by atoms with Crippen LogP contribution in [0.1, 0.15) is 5.56 Å². The molecule has 0 atom stereocenters. The van der Waals surface area contributed by atoms with Crippen LogP contribution >= 0.6 is 0 Å². The molecule has 0 saturated heterocycles. The van der Waals surface area contributed by atoms with Gasteiger partial charge in [0.15, 0.2) is 0 Å². The zero-order chi connectivity index (χ0) is 15.1. The number of nitrogens with zero attached hydrogens (tertiary/aromatic N) is 1. The summed E-state index contributed by atoms with van der Waals surface area (Å²) >= 11 is 0. The Kier molecular flexibility index (Phi) is 4.94. The molecule has 1 aromatic heterocycles. The van der Waals surface area contributed by atoms with Crippen molar-refractivity contribution in [2.24, 2.45) is 0 Å². The zero-order valence-corrected chi connectivity index (χ0v) is 11.8. The predicted molar refractivity (Wildman–Crippen MR) is 84.2 cm³/mol. The summed E-state index contributed by atoms with van der Waals surface area (Å²) in [6.45, 7) is 1.66. The maximum Gasteiger partial charge on any atom is 0.122 e. The standard InChI is InChI=1S/C11H9N.C7H8O2/c1-2-4-10(5-3-1)11-6-8-12-9-7-11;1-5-6(8)3-2-4-7(5)9/h1-9H;2-4,8-9H,1H3. The van der Waals surface area contributed by atoms with E-state index in [-0.39, 0.29) is 11.5 Å². The third-order valence-electron chi connectivity index (χ3n) is 3.06. The first-order valence-electron chi connectivity index (χ1n) is 6.61. The quantitative estimate of drug-likeness (QED) is 0.703. The van der Waals surface area contributed by atoms with Gasteiger partial charge in [0, 0.05) is 18.0 Å². The van der Waals surface area contributed by atoms with Gasteiger partial charge in [0.05, 0.1) is 0 Å². The number of hydrogen-bond acceptors (Lipinski definition) is 3. The Hall–Kier alpha value is -2.81. The van der Waals surface area contributed by atoms with Gasteiger partial charge in [0.2, 0.25) is 0 Å². The Balaban J connectivity index is 0.000000161. The molecule has 2 N–H and O–H groups in total. The second-order valence-corrected chi connectivity index (χ2v) is 4.52. The van der Waals surface area contributed by atoms with Gasteiger partial charge in [-0.15, -0.1) is 0 Å². The Bertz CT molecular complexity index is 624. The molecule has 0 unspecified atom stereocenters. The highest BCUT2D eigenvalue weighted by Crippen LogP contribution is 2.23. The highest BCUT2D eigenvalue weighted by molar-refractivity contribution is 5.62. The van der Waals surface area contributed by atoms with Gasteiger partial charge >= 0.3 is 0 Å². The monoisotopic (exact) mass is 279 g/mol. The molecule has 0 saturated carbocycles. The smallest absolute Gasteiger partial charge is 0.122 e. The van der Waals surface area contributed by atoms with E-state index >= 15 is 0 Å². The van der Waals surface area contributed by atoms with Crippen molar-refractivity contribution >= 4 is 0 Å². The summed E-state index contributed by atoms with van der Waals surface area (Å²) in [6.07, 6.45) is 3.62. The first-order chi connectivity index (χ1) is 10.2. The molecule has 21 heavy (non-hydrogen) atoms. The molecule has 3 heteroatoms. The van der Waals surface area contributed by atoms with Crippen molar-refractivity contribution in [2.45, 2.75) is 6.92 Å². The van der Waals surface area contributed by atoms with E-state index in [1.54, 1.807) is 13.0 Å². The Labute approximate surface area is 124 Å². The molecule has 2 aromatic carbocycles. The molecule has 0 aliphatic carbocycles. The lowest BCUT2D eigenvalue weighted by Crippen LogP contribution is -1.76. The van der Waals surface area contributed by atoms with Gasteiger partial charge in [0.25, 0.3) is 0 Å². The average Bonchev–Trinajstić information content (AvgIpc) is 2.55. The Morgan fingerprint density at radius 1 is 0.667 bits per heavy atom. The lowest BCUT2D eigenvalue weighted by molar-refractivity contribution is 0.443. The van der Waals surface area contributed by atoms with E-state index in [2.05, 4.69) is 17.1 Å². The molecular formula is C18H17NO2. The number of phenolic OH excluding ortho intramolecular Hbond substituents is 2. The molecule has 106 valence electrons. The summed E-state index contributed by atoms with van der Waals surface area (Å²) in [5, 5.41) is 17.9. The topological polar surface area (TPSA) is 53.4 Å². The number of aromatic nitrogens is 1. The van der Waals surface area contributed by atoms with Crippen molar-refractivity contribution in [3.63, 3.8) is 0 Å². The Morgan fingerprint density at radius 2 is 1.19 bits per heavy atom. The molecule has 1 heterocycles. The van der Waals surface area contributed by atoms with Gasteiger partial charge in [0.1, 0.15) is 11.5 Å². The highest BCUT2D eigenvalue weighted by atomic mass is 16.3. The van der Waals surface area contributed by atoms with Crippen LogP contribution in [-0.4, -0.2) is 15.2 Å². The van der Waals surface area contributed by atoms with E-state index in [4.69, 9.17) is 10.2 Å². The van der Waals surface area contributed by atoms with E-state index in [1.165, 1.54) is 23.3 Å². The van der Waals surface area contributed by atoms with Gasteiger partial charge in [-0.25, -0.2) is 0 Å². The van der Waals surface area contributed by atoms with Crippen LogP contribution in [0.15, 0.2) is 73.1 Å². The normalized spacial score (nSPS) is 9.57. The summed E-state index contributed by atoms with van der Waals surface area (Å²) in [6, 6.07) is 19.0. The maximum absolute atomic E-state index is 8.94. The highest BCUT2D eigenvalue weighted by Gasteiger charge is 1.97. The third-order valence-corrected chi connectivity index (χ3v) is 3.06. The summed E-state index contributed by atoms with van der Waals surface area (Å²) in [7, 11) is 0. The fourth-order valence-corrected chi connectivity index (χ4v) is 1.79. The van der Waals surface area contributed by atoms with Crippen LogP contribution in [0, 0.1) is 6.92 Å². The minimum absolute atomic E-state index is 0.134. The molecule has 3 aromatic rings. The molecule has 0 amide bonds. The number of hydrogen-bond donors (Lipinski definition) is 2. The van der Waals surface area contributed by atoms with Crippen molar-refractivity contribution in [3.05, 3.63) is 78.6 Å². The molecule has 0 radical (unpaired) electrons. The van der Waals surface area contributed by atoms with Crippen LogP contribution < -0.4 is 0 Å². The first-order valence-corrected chi connectivity index (χ1v) is 6.61. The van der Waals surface area contributed by atoms with E-state index in [0.717, 1.165) is 0 Å². The number of aromatic hydroxyl groups is 2. The maximum atomic E-state index is 8.94. The summed E-state index contributed by atoms with van der Waals surface area (Å²) in [5.41, 5.74) is 2.98. The van der Waals surface area contributed by atoms with Gasteiger partial charge in [-0.2, -0.15) is 0 Å². The van der Waals surface area contributed by atoms with Crippen molar-refractivity contribution in [1.82, 2.24) is 4.98 Å². The fraction of sp³-hybridized carbons (Fsp3) is 0.0556. The summed E-state index contributed by atoms with van der Waals surface area (Å²) < 4.78 is 0. The molecular weight excluding hydrogens is 262 g/mol. The van der Waals surface area contributed by atoms with E-state index in [1.807, 2.05) is 42.7 Å². The predicted octanol–water partition coefficient (Wildman–Crippen LogP) is 4.15. The van der Waals surface area contributed by atoms with Crippen molar-refractivity contribution in [3.8, 4) is 22.6 Å². The van der Waals surface area contributed by atoms with Gasteiger partial charge < -0.3 is 10.2 Å². The minimum Gasteiger partial charge on any atom is -0.508 e. The second kappa shape index (κ2) is 7.10. The SMILES string of the molecule is Cc1c(O)cccc1O.c1ccc(-c2ccncc2)cc1. The fourth-order valence-electron chi connectivity index (χ4n) is 1.79. The van der Waals surface area contributed by atoms with Gasteiger partial charge in [-0.1, -0.05) is 36.4 Å². The lowest BCUT2D eigenvalue weighted by Gasteiger charge is -1.98. The lowest BCUT2D eigenvalue weighted by atomic mass is 10.1. The van der Waals surface area contributed by atoms with Crippen LogP contribution in [0.5, 0.6) is 11.5 Å². The minimum atomic E-state index is 0.134.